The molecular weight excluding hydrogens is 176 g/mol. The molecular formula is C11H16N2O. The zero-order valence-electron chi connectivity index (χ0n) is 8.33. The number of nitrogens with one attached hydrogen (secondary N) is 1. The Hall–Kier alpha value is -1.51. The third-order valence-electron chi connectivity index (χ3n) is 2.09. The molecule has 0 spiro atoms. The fraction of sp³-hybridized carbons (Fsp3) is 0.364. The molecule has 14 heavy (non-hydrogen) atoms. The van der Waals surface area contributed by atoms with E-state index in [1.807, 2.05) is 0 Å². The summed E-state index contributed by atoms with van der Waals surface area (Å²) in [7, 11) is 0. The topological polar surface area (TPSA) is 32.3 Å². The Balaban J connectivity index is 2.35. The standard InChI is InChI=1S/C11H16N2O/c1-3-4-7-10(2)12-11(14)13-8-5-6-9-13/h3-4,7H,1-2,5-6,8-9H2,(H,12,14)/b7-4-. The Kier molecular flexibility index (Phi) is 3.98. The Labute approximate surface area is 84.8 Å². The van der Waals surface area contributed by atoms with Crippen LogP contribution in [-0.2, 0) is 0 Å². The number of hydrogen-bond donors (Lipinski definition) is 1. The Morgan fingerprint density at radius 2 is 2.00 bits per heavy atom. The van der Waals surface area contributed by atoms with Gasteiger partial charge in [-0.15, -0.1) is 0 Å². The third kappa shape index (κ3) is 3.09. The lowest BCUT2D eigenvalue weighted by Gasteiger charge is -2.15. The number of carbonyl (C=O) groups excluding carboxylic acids is 1. The molecule has 3 heteroatoms. The molecule has 0 aliphatic carbocycles. The number of urea groups is 1. The molecule has 3 nitrogen and oxygen atoms in total. The molecule has 1 heterocycles. The number of hydrogen-bond acceptors (Lipinski definition) is 1. The van der Waals surface area contributed by atoms with Crippen LogP contribution in [0.3, 0.4) is 0 Å². The third-order valence-corrected chi connectivity index (χ3v) is 2.09. The van der Waals surface area contributed by atoms with Gasteiger partial charge in [0.05, 0.1) is 0 Å². The van der Waals surface area contributed by atoms with E-state index in [4.69, 9.17) is 0 Å². The van der Waals surface area contributed by atoms with Gasteiger partial charge in [-0.05, 0) is 18.9 Å². The molecule has 0 unspecified atom stereocenters. The van der Waals surface area contributed by atoms with Crippen LogP contribution in [0.15, 0.2) is 37.1 Å². The highest BCUT2D eigenvalue weighted by molar-refractivity contribution is 5.76. The van der Waals surface area contributed by atoms with E-state index < -0.39 is 0 Å². The van der Waals surface area contributed by atoms with Crippen LogP contribution < -0.4 is 5.32 Å². The largest absolute Gasteiger partial charge is 0.325 e. The number of nitrogens with zero attached hydrogens (tertiary/aromatic N) is 1. The van der Waals surface area contributed by atoms with E-state index in [2.05, 4.69) is 18.5 Å². The average molecular weight is 192 g/mol. The van der Waals surface area contributed by atoms with Gasteiger partial charge in [0.1, 0.15) is 0 Å². The number of amides is 2. The van der Waals surface area contributed by atoms with Gasteiger partial charge in [-0.3, -0.25) is 0 Å². The van der Waals surface area contributed by atoms with Gasteiger partial charge in [0.15, 0.2) is 0 Å². The smallest absolute Gasteiger partial charge is 0.321 e. The normalized spacial score (nSPS) is 15.9. The molecule has 0 atom stereocenters. The monoisotopic (exact) mass is 192 g/mol. The van der Waals surface area contributed by atoms with Crippen molar-refractivity contribution in [3.8, 4) is 0 Å². The maximum atomic E-state index is 11.5. The van der Waals surface area contributed by atoms with Crippen LogP contribution in [0.2, 0.25) is 0 Å². The molecule has 76 valence electrons. The average Bonchev–Trinajstić information content (AvgIpc) is 2.67. The summed E-state index contributed by atoms with van der Waals surface area (Å²) < 4.78 is 0. The molecule has 1 aliphatic rings. The molecule has 1 rings (SSSR count). The summed E-state index contributed by atoms with van der Waals surface area (Å²) in [5.41, 5.74) is 0.599. The van der Waals surface area contributed by atoms with Crippen molar-refractivity contribution in [1.82, 2.24) is 10.2 Å². The zero-order valence-corrected chi connectivity index (χ0v) is 8.33. The van der Waals surface area contributed by atoms with E-state index in [0.29, 0.717) is 5.70 Å². The highest BCUT2D eigenvalue weighted by Gasteiger charge is 2.17. The minimum absolute atomic E-state index is 0.0544. The van der Waals surface area contributed by atoms with Crippen LogP contribution in [0, 0.1) is 0 Å². The van der Waals surface area contributed by atoms with Gasteiger partial charge in [-0.2, -0.15) is 0 Å². The molecule has 1 aliphatic heterocycles. The van der Waals surface area contributed by atoms with Crippen molar-refractivity contribution in [2.24, 2.45) is 0 Å². The molecule has 0 saturated carbocycles. The van der Waals surface area contributed by atoms with Crippen molar-refractivity contribution in [1.29, 1.82) is 0 Å². The number of allylic oxidation sites excluding steroid dienone is 3. The van der Waals surface area contributed by atoms with Crippen LogP contribution in [0.4, 0.5) is 4.79 Å². The Morgan fingerprint density at radius 3 is 2.57 bits per heavy atom. The highest BCUT2D eigenvalue weighted by atomic mass is 16.2. The summed E-state index contributed by atoms with van der Waals surface area (Å²) in [4.78, 5) is 13.3. The van der Waals surface area contributed by atoms with Gasteiger partial charge in [0, 0.05) is 18.8 Å². The molecule has 0 bridgehead atoms. The van der Waals surface area contributed by atoms with Crippen LogP contribution in [0.5, 0.6) is 0 Å². The van der Waals surface area contributed by atoms with Crippen molar-refractivity contribution in [2.75, 3.05) is 13.1 Å². The molecule has 1 saturated heterocycles. The van der Waals surface area contributed by atoms with E-state index in [0.717, 1.165) is 25.9 Å². The molecule has 0 aromatic rings. The summed E-state index contributed by atoms with van der Waals surface area (Å²) in [5, 5.41) is 2.71. The summed E-state index contributed by atoms with van der Waals surface area (Å²) in [6.07, 6.45) is 7.31. The van der Waals surface area contributed by atoms with Crippen LogP contribution in [-0.4, -0.2) is 24.0 Å². The lowest BCUT2D eigenvalue weighted by atomic mass is 10.4. The number of likely N-dealkylation sites (tertiary alicyclic amines) is 1. The Bertz CT molecular complexity index is 262. The van der Waals surface area contributed by atoms with Gasteiger partial charge in [-0.1, -0.05) is 25.3 Å². The molecule has 1 fully saturated rings. The SMILES string of the molecule is C=C/C=C\C(=C)NC(=O)N1CCCC1. The van der Waals surface area contributed by atoms with Crippen molar-refractivity contribution in [3.05, 3.63) is 37.1 Å². The van der Waals surface area contributed by atoms with E-state index in [1.54, 1.807) is 23.1 Å². The first kappa shape index (κ1) is 10.6. The van der Waals surface area contributed by atoms with E-state index in [-0.39, 0.29) is 6.03 Å². The predicted molar refractivity (Wildman–Crippen MR) is 57.8 cm³/mol. The van der Waals surface area contributed by atoms with E-state index >= 15 is 0 Å². The van der Waals surface area contributed by atoms with Gasteiger partial charge in [-0.25, -0.2) is 4.79 Å². The fourth-order valence-corrected chi connectivity index (χ4v) is 1.36. The summed E-state index contributed by atoms with van der Waals surface area (Å²) in [5.74, 6) is 0. The van der Waals surface area contributed by atoms with Crippen LogP contribution in [0.25, 0.3) is 0 Å². The van der Waals surface area contributed by atoms with Crippen molar-refractivity contribution >= 4 is 6.03 Å². The zero-order chi connectivity index (χ0) is 10.4. The van der Waals surface area contributed by atoms with E-state index in [1.165, 1.54) is 0 Å². The first-order valence-electron chi connectivity index (χ1n) is 4.78. The molecule has 0 aromatic carbocycles. The second-order valence-electron chi connectivity index (χ2n) is 3.24. The van der Waals surface area contributed by atoms with Crippen molar-refractivity contribution < 1.29 is 4.79 Å². The first-order valence-corrected chi connectivity index (χ1v) is 4.78. The minimum Gasteiger partial charge on any atom is -0.325 e. The summed E-state index contributed by atoms with van der Waals surface area (Å²) >= 11 is 0. The lowest BCUT2D eigenvalue weighted by Crippen LogP contribution is -2.36. The second-order valence-corrected chi connectivity index (χ2v) is 3.24. The molecule has 0 radical (unpaired) electrons. The summed E-state index contributed by atoms with van der Waals surface area (Å²) in [6.45, 7) is 8.95. The highest BCUT2D eigenvalue weighted by Crippen LogP contribution is 2.07. The van der Waals surface area contributed by atoms with Crippen LogP contribution >= 0.6 is 0 Å². The van der Waals surface area contributed by atoms with Gasteiger partial charge < -0.3 is 10.2 Å². The lowest BCUT2D eigenvalue weighted by molar-refractivity contribution is 0.212. The van der Waals surface area contributed by atoms with E-state index in [9.17, 15) is 4.79 Å². The number of rotatable bonds is 3. The predicted octanol–water partition coefficient (Wildman–Crippen LogP) is 2.05. The maximum Gasteiger partial charge on any atom is 0.321 e. The minimum atomic E-state index is -0.0544. The van der Waals surface area contributed by atoms with Gasteiger partial charge in [0.25, 0.3) is 0 Å². The summed E-state index contributed by atoms with van der Waals surface area (Å²) in [6, 6.07) is -0.0544. The van der Waals surface area contributed by atoms with Gasteiger partial charge >= 0.3 is 6.03 Å². The second kappa shape index (κ2) is 5.27. The Morgan fingerprint density at radius 1 is 1.36 bits per heavy atom. The molecule has 1 N–H and O–H groups in total. The fourth-order valence-electron chi connectivity index (χ4n) is 1.36. The maximum absolute atomic E-state index is 11.5. The van der Waals surface area contributed by atoms with Crippen molar-refractivity contribution in [2.45, 2.75) is 12.8 Å². The van der Waals surface area contributed by atoms with Crippen LogP contribution in [0.1, 0.15) is 12.8 Å². The first-order chi connectivity index (χ1) is 6.74. The number of carbonyl (C=O) groups is 1. The quantitative estimate of drug-likeness (QED) is 0.682. The molecule has 2 amide bonds. The van der Waals surface area contributed by atoms with Gasteiger partial charge in [0.2, 0.25) is 0 Å². The molecule has 0 aromatic heterocycles. The van der Waals surface area contributed by atoms with Crippen molar-refractivity contribution in [3.63, 3.8) is 0 Å².